The second-order valence-corrected chi connectivity index (χ2v) is 23.0. The van der Waals surface area contributed by atoms with Crippen molar-refractivity contribution >= 4 is 17.9 Å². The first-order valence-electron chi connectivity index (χ1n) is 29.8. The number of hydrogen-bond acceptors (Lipinski definition) is 7. The highest BCUT2D eigenvalue weighted by Crippen LogP contribution is 3.01. The van der Waals surface area contributed by atoms with Gasteiger partial charge in [0.15, 0.2) is 0 Å². The summed E-state index contributed by atoms with van der Waals surface area (Å²) in [7, 11) is 0. The van der Waals surface area contributed by atoms with Crippen LogP contribution in [0.15, 0.2) is 0 Å². The smallest absolute Gasteiger partial charge is 0.305 e. The van der Waals surface area contributed by atoms with Crippen LogP contribution in [0, 0.1) is 51.8 Å². The van der Waals surface area contributed by atoms with Gasteiger partial charge in [0.25, 0.3) is 0 Å². The number of hydrogen-bond donors (Lipinski definition) is 0. The Morgan fingerprint density at radius 1 is 0.478 bits per heavy atom. The van der Waals surface area contributed by atoms with Gasteiger partial charge < -0.3 is 19.1 Å². The summed E-state index contributed by atoms with van der Waals surface area (Å²) in [5, 5.41) is 0. The zero-order valence-corrected chi connectivity index (χ0v) is 45.4. The predicted molar refractivity (Wildman–Crippen MR) is 279 cm³/mol. The molecule has 0 aromatic heterocycles. The molecule has 67 heavy (non-hydrogen) atoms. The molecule has 390 valence electrons. The average Bonchev–Trinajstić information content (AvgIpc) is 3.33. The number of esters is 3. The van der Waals surface area contributed by atoms with Gasteiger partial charge in [-0.05, 0) is 80.8 Å². The Hall–Kier alpha value is -1.63. The van der Waals surface area contributed by atoms with Crippen molar-refractivity contribution in [2.75, 3.05) is 39.5 Å². The SMILES string of the molecule is CCCCCCCCC(CCCCCCCC)CCC(=O)OCC12CC3C1C1C3(COC(=O)CCCN(CC)CC)C(C)C12COC(=O)CCC(CCCCCCCC)CCCCCCCC. The fourth-order valence-electron chi connectivity index (χ4n) is 14.7. The standard InChI is InChI=1S/C60H109NO6/c1-8-14-18-22-26-30-35-50(36-31-27-23-19-15-9-2)40-42-54(63)65-46-58-45-52-56(58)57-59(52,47-66-53(62)39-34-44-61(12-5)13-6)49(7)60(57,58)48-67-55(64)43-41-51(37-32-28-24-20-16-10-3)38-33-29-25-21-17-11-4/h49-52,56-57H,8-48H2,1-7H3. The van der Waals surface area contributed by atoms with Gasteiger partial charge in [0.2, 0.25) is 0 Å². The van der Waals surface area contributed by atoms with Crippen molar-refractivity contribution in [3.63, 3.8) is 0 Å². The van der Waals surface area contributed by atoms with Gasteiger partial charge in [-0.3, -0.25) is 14.4 Å². The molecule has 7 atom stereocenters. The van der Waals surface area contributed by atoms with Crippen LogP contribution in [0.5, 0.6) is 0 Å². The van der Waals surface area contributed by atoms with Crippen molar-refractivity contribution in [3.05, 3.63) is 0 Å². The number of carbonyl (C=O) groups excluding carboxylic acids is 3. The lowest BCUT2D eigenvalue weighted by atomic mass is 9.02. The van der Waals surface area contributed by atoms with E-state index in [-0.39, 0.29) is 40.1 Å². The largest absolute Gasteiger partial charge is 0.465 e. The van der Waals surface area contributed by atoms with Crippen molar-refractivity contribution < 1.29 is 28.6 Å². The molecule has 0 bridgehead atoms. The molecule has 0 aromatic carbocycles. The maximum Gasteiger partial charge on any atom is 0.305 e. The van der Waals surface area contributed by atoms with Gasteiger partial charge in [-0.1, -0.05) is 228 Å². The number of ether oxygens (including phenoxy) is 3. The molecule has 0 aliphatic heterocycles. The number of carbonyl (C=O) groups is 3. The molecule has 0 heterocycles. The average molecular weight is 941 g/mol. The number of fused-ring (bicyclic) bond motifs is 2. The summed E-state index contributed by atoms with van der Waals surface area (Å²) < 4.78 is 18.9. The lowest BCUT2D eigenvalue weighted by Gasteiger charge is -3.01. The highest BCUT2D eigenvalue weighted by Gasteiger charge is 3.01. The van der Waals surface area contributed by atoms with Crippen LogP contribution in [0.2, 0.25) is 0 Å². The molecule has 0 aromatic rings. The van der Waals surface area contributed by atoms with E-state index in [9.17, 15) is 14.4 Å². The maximum atomic E-state index is 13.8. The molecule has 7 nitrogen and oxygen atoms in total. The summed E-state index contributed by atoms with van der Waals surface area (Å²) in [5.41, 5.74) is -0.356. The van der Waals surface area contributed by atoms with Gasteiger partial charge in [-0.15, -0.1) is 0 Å². The molecule has 0 radical (unpaired) electrons. The molecule has 0 N–H and O–H groups in total. The van der Waals surface area contributed by atoms with Crippen LogP contribution in [0.1, 0.15) is 273 Å². The van der Waals surface area contributed by atoms with E-state index in [1.807, 2.05) is 0 Å². The fraction of sp³-hybridized carbons (Fsp3) is 0.950. The Labute approximate surface area is 414 Å². The minimum Gasteiger partial charge on any atom is -0.465 e. The van der Waals surface area contributed by atoms with Gasteiger partial charge in [-0.2, -0.15) is 0 Å². The maximum absolute atomic E-state index is 13.8. The molecule has 0 spiro atoms. The number of unbranched alkanes of at least 4 members (excludes halogenated alkanes) is 20. The Morgan fingerprint density at radius 2 is 0.866 bits per heavy atom. The van der Waals surface area contributed by atoms with E-state index in [0.29, 0.717) is 68.7 Å². The summed E-state index contributed by atoms with van der Waals surface area (Å²) >= 11 is 0. The molecule has 4 fully saturated rings. The third-order valence-corrected chi connectivity index (χ3v) is 18.9. The molecule has 4 aliphatic carbocycles. The first-order chi connectivity index (χ1) is 32.6. The lowest BCUT2D eigenvalue weighted by molar-refractivity contribution is -0.566. The van der Waals surface area contributed by atoms with Crippen LogP contribution in [0.25, 0.3) is 0 Å². The number of rotatable bonds is 46. The van der Waals surface area contributed by atoms with Gasteiger partial charge in [0, 0.05) is 35.5 Å². The van der Waals surface area contributed by atoms with Crippen LogP contribution in [-0.4, -0.2) is 62.3 Å². The van der Waals surface area contributed by atoms with E-state index in [1.165, 1.54) is 180 Å². The third kappa shape index (κ3) is 15.7. The minimum atomic E-state index is -0.202. The summed E-state index contributed by atoms with van der Waals surface area (Å²) in [4.78, 5) is 43.0. The zero-order valence-electron chi connectivity index (χ0n) is 45.4. The zero-order chi connectivity index (χ0) is 48.4. The van der Waals surface area contributed by atoms with Gasteiger partial charge >= 0.3 is 17.9 Å². The first kappa shape index (κ1) is 57.9. The molecule has 0 saturated heterocycles. The summed E-state index contributed by atoms with van der Waals surface area (Å²) in [6.07, 6.45) is 41.5. The molecular weight excluding hydrogens is 831 g/mol. The molecule has 0 amide bonds. The van der Waals surface area contributed by atoms with Crippen LogP contribution in [0.4, 0.5) is 0 Å². The third-order valence-electron chi connectivity index (χ3n) is 18.9. The van der Waals surface area contributed by atoms with E-state index in [1.54, 1.807) is 0 Å². The lowest BCUT2D eigenvalue weighted by Crippen LogP contribution is -3.01. The van der Waals surface area contributed by atoms with Crippen LogP contribution in [-0.2, 0) is 28.6 Å². The molecule has 7 unspecified atom stereocenters. The summed E-state index contributed by atoms with van der Waals surface area (Å²) in [6, 6.07) is 0. The van der Waals surface area contributed by atoms with Crippen molar-refractivity contribution in [2.24, 2.45) is 51.8 Å². The highest BCUT2D eigenvalue weighted by atomic mass is 16.5. The Morgan fingerprint density at radius 3 is 1.27 bits per heavy atom. The molecule has 4 aliphatic rings. The minimum absolute atomic E-state index is 0.0307. The summed E-state index contributed by atoms with van der Waals surface area (Å²) in [6.45, 7) is 20.1. The van der Waals surface area contributed by atoms with E-state index < -0.39 is 0 Å². The molecule has 4 rings (SSSR count). The monoisotopic (exact) mass is 940 g/mol. The Bertz CT molecular complexity index is 1320. The first-order valence-corrected chi connectivity index (χ1v) is 29.8. The quantitative estimate of drug-likeness (QED) is 0.0342. The Kier molecular flexibility index (Phi) is 27.4. The molecule has 4 saturated carbocycles. The van der Waals surface area contributed by atoms with Crippen molar-refractivity contribution in [1.82, 2.24) is 4.90 Å². The topological polar surface area (TPSA) is 82.1 Å². The van der Waals surface area contributed by atoms with Crippen LogP contribution >= 0.6 is 0 Å². The summed E-state index contributed by atoms with van der Waals surface area (Å²) in [5.74, 6) is 2.61. The van der Waals surface area contributed by atoms with Crippen LogP contribution in [0.3, 0.4) is 0 Å². The van der Waals surface area contributed by atoms with Gasteiger partial charge in [0.05, 0.1) is 19.8 Å². The van der Waals surface area contributed by atoms with Crippen molar-refractivity contribution in [3.8, 4) is 0 Å². The normalized spacial score (nSPS) is 25.3. The van der Waals surface area contributed by atoms with E-state index >= 15 is 0 Å². The van der Waals surface area contributed by atoms with Crippen molar-refractivity contribution in [2.45, 2.75) is 273 Å². The van der Waals surface area contributed by atoms with Crippen LogP contribution < -0.4 is 0 Å². The second kappa shape index (κ2) is 31.7. The van der Waals surface area contributed by atoms with E-state index in [2.05, 4.69) is 53.4 Å². The number of nitrogens with zero attached hydrogens (tertiary/aromatic N) is 1. The highest BCUT2D eigenvalue weighted by molar-refractivity contribution is 5.71. The Balaban J connectivity index is 1.35. The second-order valence-electron chi connectivity index (χ2n) is 23.0. The fourth-order valence-corrected chi connectivity index (χ4v) is 14.7. The van der Waals surface area contributed by atoms with E-state index in [0.717, 1.165) is 45.3 Å². The molecular formula is C60H109NO6. The van der Waals surface area contributed by atoms with Gasteiger partial charge in [-0.25, -0.2) is 0 Å². The van der Waals surface area contributed by atoms with Gasteiger partial charge in [0.1, 0.15) is 0 Å². The van der Waals surface area contributed by atoms with E-state index in [4.69, 9.17) is 14.2 Å². The molecule has 7 heteroatoms. The van der Waals surface area contributed by atoms with Crippen molar-refractivity contribution in [1.29, 1.82) is 0 Å². The predicted octanol–water partition coefficient (Wildman–Crippen LogP) is 16.4.